The highest BCUT2D eigenvalue weighted by molar-refractivity contribution is 6.82. The Hall–Kier alpha value is -8.07. The third-order valence-corrected chi connectivity index (χ3v) is 24.5. The van der Waals surface area contributed by atoms with Crippen molar-refractivity contribution in [3.05, 3.63) is 22.3 Å². The maximum absolute atomic E-state index is 15.0. The Balaban J connectivity index is 1.29. The molecule has 0 heterocycles. The van der Waals surface area contributed by atoms with Gasteiger partial charge in [0.1, 0.15) is 0 Å². The van der Waals surface area contributed by atoms with Crippen LogP contribution in [0.4, 0.5) is 0 Å². The molecule has 5 aliphatic rings. The minimum Gasteiger partial charge on any atom is -0.481 e. The molecular formula is C62H2O2. The van der Waals surface area contributed by atoms with E-state index in [2.05, 4.69) is 0 Å². The van der Waals surface area contributed by atoms with E-state index in [9.17, 15) is 5.11 Å². The number of hydrogen-bond donors (Lipinski definition) is 1. The third-order valence-electron chi connectivity index (χ3n) is 24.5. The van der Waals surface area contributed by atoms with Crippen molar-refractivity contribution in [2.24, 2.45) is 5.92 Å². The average molecular weight is 779 g/mol. The van der Waals surface area contributed by atoms with Gasteiger partial charge in [0.25, 0.3) is 0 Å². The van der Waals surface area contributed by atoms with Gasteiger partial charge in [-0.15, -0.1) is 0 Å². The first-order valence-electron chi connectivity index (χ1n) is 23.8. The molecule has 1 fully saturated rings. The average Bonchev–Trinajstić information content (AvgIpc) is 4.14. The maximum Gasteiger partial charge on any atom is 0.309 e. The largest absolute Gasteiger partial charge is 0.481 e. The summed E-state index contributed by atoms with van der Waals surface area (Å²) in [5.74, 6) is -1.09. The van der Waals surface area contributed by atoms with Crippen LogP contribution in [0.2, 0.25) is 0 Å². The standard InChI is InChI=1S/C62H2O2/c63-60(64)59-61-55-48-41-29-21-12-3-1-2-4-7(3)16-23(21)31-32-24(16)22-13(4)15-11-6(2)9-8-5(1)10-14(12)27(29)35-33-19(10)17(8)25-26-18(9)20(11)34-36-28(15)30(22)42-44(32)53(52(55)43(31)41)56-49(42)47(36)51-40(34)38(26)45-37(25)39(33)50(46(35)48)57(61)54(45)58(51)62(56,59)61/h59H,(H,63,64). The van der Waals surface area contributed by atoms with Crippen LogP contribution in [0.3, 0.4) is 0 Å². The highest BCUT2D eigenvalue weighted by atomic mass is 16.4. The van der Waals surface area contributed by atoms with Crippen molar-refractivity contribution in [3.8, 4) is 0 Å². The Morgan fingerprint density at radius 1 is 0.203 bits per heavy atom. The van der Waals surface area contributed by atoms with Gasteiger partial charge in [0.15, 0.2) is 0 Å². The molecule has 2 spiro atoms. The molecule has 0 aromatic heterocycles. The van der Waals surface area contributed by atoms with Gasteiger partial charge in [0.05, 0.1) is 16.7 Å². The summed E-state index contributed by atoms with van der Waals surface area (Å²) in [5, 5.41) is 96.6. The highest BCUT2D eigenvalue weighted by Gasteiger charge is 2.89. The van der Waals surface area contributed by atoms with E-state index in [4.69, 9.17) is 0 Å². The quantitative estimate of drug-likeness (QED) is 0.169. The Kier molecular flexibility index (Phi) is 1.65. The van der Waals surface area contributed by atoms with E-state index >= 15 is 4.79 Å². The van der Waals surface area contributed by atoms with E-state index in [-0.39, 0.29) is 0 Å². The van der Waals surface area contributed by atoms with Gasteiger partial charge in [0, 0.05) is 0 Å². The van der Waals surface area contributed by atoms with E-state index in [1.54, 1.807) is 205 Å². The van der Waals surface area contributed by atoms with Crippen LogP contribution in [-0.4, -0.2) is 11.1 Å². The second-order valence-electron chi connectivity index (χ2n) is 24.1. The number of rotatable bonds is 1. The zero-order valence-electron chi connectivity index (χ0n) is 31.9. The van der Waals surface area contributed by atoms with E-state index in [1.165, 1.54) is 108 Å². The summed E-state index contributed by atoms with van der Waals surface area (Å²) in [7, 11) is 0. The zero-order valence-corrected chi connectivity index (χ0v) is 31.9. The van der Waals surface area contributed by atoms with Crippen LogP contribution < -0.4 is 0 Å². The Bertz CT molecular complexity index is 6790. The molecule has 0 bridgehead atoms. The van der Waals surface area contributed by atoms with E-state index < -0.39 is 22.7 Å². The lowest BCUT2D eigenvalue weighted by atomic mass is 9.69. The number of carboxylic acids is 1. The van der Waals surface area contributed by atoms with Gasteiger partial charge in [-0.25, -0.2) is 0 Å². The molecule has 0 aliphatic heterocycles. The Morgan fingerprint density at radius 3 is 0.484 bits per heavy atom. The minimum absolute atomic E-state index is 0.513. The van der Waals surface area contributed by atoms with Crippen LogP contribution in [0.5, 0.6) is 0 Å². The van der Waals surface area contributed by atoms with E-state index in [0.717, 1.165) is 0 Å². The summed E-state index contributed by atoms with van der Waals surface area (Å²) < 4.78 is 0. The maximum atomic E-state index is 15.0. The molecule has 2 unspecified atom stereocenters. The molecule has 2 atom stereocenters. The Labute approximate surface area is 344 Å². The molecule has 0 saturated heterocycles. The fourth-order valence-electron chi connectivity index (χ4n) is 24.8. The molecule has 2 heteroatoms. The lowest BCUT2D eigenvalue weighted by Crippen LogP contribution is -2.25. The summed E-state index contributed by atoms with van der Waals surface area (Å²) in [4.78, 5) is 15.0. The van der Waals surface area contributed by atoms with Gasteiger partial charge >= 0.3 is 5.97 Å². The second-order valence-corrected chi connectivity index (χ2v) is 24.1. The molecule has 1 N–H and O–H groups in total. The lowest BCUT2D eigenvalue weighted by Gasteiger charge is -2.31. The van der Waals surface area contributed by atoms with Crippen LogP contribution in [0.1, 0.15) is 22.3 Å². The molecule has 262 valence electrons. The van der Waals surface area contributed by atoms with Gasteiger partial charge in [-0.05, 0) is 313 Å². The molecule has 64 heavy (non-hydrogen) atoms. The highest BCUT2D eigenvalue weighted by Crippen LogP contribution is 2.92. The predicted octanol–water partition coefficient (Wildman–Crippen LogP) is 16.0. The van der Waals surface area contributed by atoms with Gasteiger partial charge in [-0.1, -0.05) is 0 Å². The van der Waals surface area contributed by atoms with E-state index in [0.29, 0.717) is 0 Å². The first-order valence-corrected chi connectivity index (χ1v) is 23.8. The van der Waals surface area contributed by atoms with Crippen molar-refractivity contribution in [2.75, 3.05) is 0 Å². The molecule has 1 saturated carbocycles. The summed E-state index contributed by atoms with van der Waals surface area (Å²) in [6.45, 7) is 0. The monoisotopic (exact) mass is 778 g/mol. The fourth-order valence-corrected chi connectivity index (χ4v) is 24.8. The van der Waals surface area contributed by atoms with Crippen molar-refractivity contribution in [2.45, 2.75) is 10.8 Å². The molecule has 2 nitrogen and oxygen atoms in total. The summed E-state index contributed by atoms with van der Waals surface area (Å²) in [5.41, 5.74) is 4.66. The van der Waals surface area contributed by atoms with Crippen LogP contribution in [-0.2, 0) is 15.6 Å². The molecule has 5 aliphatic carbocycles. The number of carboxylic acid groups (broad SMARTS) is 1. The first kappa shape index (κ1) is 22.3. The number of aliphatic carboxylic acids is 1. The smallest absolute Gasteiger partial charge is 0.309 e. The van der Waals surface area contributed by atoms with Crippen LogP contribution in [0.25, 0.3) is 291 Å². The van der Waals surface area contributed by atoms with E-state index in [1.807, 2.05) is 0 Å². The van der Waals surface area contributed by atoms with Gasteiger partial charge < -0.3 is 5.11 Å². The SMILES string of the molecule is O=C(O)C1C23c4c5c6c7c8c9c(c%10c%11c2c2c%12c4c4c%13c5c5c7c7c8c8c%14c9c%10c9c%10c%11c2c2c%11c%12c4c4c%12c%13c5c5c7c7c8c8c%14c9c9c%10c2c2c%11c4c4c%12c5c7c5c8c9c2c45)C613. The molecular weight excluding hydrogens is 777 g/mol. The van der Waals surface area contributed by atoms with Crippen LogP contribution in [0, 0.1) is 5.92 Å². The second kappa shape index (κ2) is 4.72. The number of hydrogen-bond acceptors (Lipinski definition) is 1. The normalized spacial score (nSPS) is 24.3. The number of benzene rings is 17. The van der Waals surface area contributed by atoms with Gasteiger partial charge in [-0.3, -0.25) is 4.79 Å². The first-order chi connectivity index (χ1) is 31.8. The molecule has 0 radical (unpaired) electrons. The molecule has 28 aromatic carbocycles. The van der Waals surface area contributed by atoms with Gasteiger partial charge in [0.2, 0.25) is 0 Å². The molecule has 0 amide bonds. The summed E-state index contributed by atoms with van der Waals surface area (Å²) in [6.07, 6.45) is 0. The molecule has 33 rings (SSSR count). The molecule has 28 aromatic rings. The Morgan fingerprint density at radius 2 is 0.312 bits per heavy atom. The zero-order chi connectivity index (χ0) is 37.6. The van der Waals surface area contributed by atoms with Gasteiger partial charge in [-0.2, -0.15) is 0 Å². The summed E-state index contributed by atoms with van der Waals surface area (Å²) in [6, 6.07) is 0. The van der Waals surface area contributed by atoms with Crippen molar-refractivity contribution in [1.82, 2.24) is 0 Å². The van der Waals surface area contributed by atoms with Crippen molar-refractivity contribution in [3.63, 3.8) is 0 Å². The van der Waals surface area contributed by atoms with Crippen molar-refractivity contribution in [1.29, 1.82) is 0 Å². The summed E-state index contributed by atoms with van der Waals surface area (Å²) >= 11 is 0. The lowest BCUT2D eigenvalue weighted by molar-refractivity contribution is -0.139. The predicted molar refractivity (Wildman–Crippen MR) is 265 cm³/mol. The van der Waals surface area contributed by atoms with Crippen molar-refractivity contribution < 1.29 is 9.90 Å². The van der Waals surface area contributed by atoms with Crippen LogP contribution >= 0.6 is 0 Å². The fraction of sp³-hybridized carbons (Fsp3) is 0.0484. The third kappa shape index (κ3) is 1.05. The van der Waals surface area contributed by atoms with Crippen molar-refractivity contribution >= 4 is 297 Å². The minimum atomic E-state index is -0.607. The number of carbonyl (C=O) groups is 1. The van der Waals surface area contributed by atoms with Crippen LogP contribution in [0.15, 0.2) is 0 Å². The topological polar surface area (TPSA) is 37.3 Å².